The predicted molar refractivity (Wildman–Crippen MR) is 79.2 cm³/mol. The van der Waals surface area contributed by atoms with Crippen molar-refractivity contribution in [2.24, 2.45) is 5.41 Å². The molecule has 2 N–H and O–H groups in total. The van der Waals surface area contributed by atoms with Crippen molar-refractivity contribution >= 4 is 21.9 Å². The van der Waals surface area contributed by atoms with Crippen LogP contribution in [0, 0.1) is 19.3 Å². The molecule has 0 aliphatic rings. The van der Waals surface area contributed by atoms with E-state index in [1.165, 1.54) is 0 Å². The number of aryl methyl sites for hydroxylation is 2. The molecule has 0 fully saturated rings. The smallest absolute Gasteiger partial charge is 0.303 e. The molecule has 0 aliphatic heterocycles. The van der Waals surface area contributed by atoms with E-state index in [9.17, 15) is 9.90 Å². The van der Waals surface area contributed by atoms with Gasteiger partial charge in [-0.05, 0) is 48.4 Å². The summed E-state index contributed by atoms with van der Waals surface area (Å²) in [7, 11) is 0. The van der Waals surface area contributed by atoms with Crippen LogP contribution in [0.25, 0.3) is 0 Å². The predicted octanol–water partition coefficient (Wildman–Crippen LogP) is 3.99. The molecule has 0 saturated carbocycles. The fourth-order valence-corrected chi connectivity index (χ4v) is 2.74. The summed E-state index contributed by atoms with van der Waals surface area (Å²) in [4.78, 5) is 10.8. The number of carbonyl (C=O) groups is 1. The Morgan fingerprint density at radius 2 is 1.89 bits per heavy atom. The maximum Gasteiger partial charge on any atom is 0.303 e. The second-order valence-corrected chi connectivity index (χ2v) is 6.77. The summed E-state index contributed by atoms with van der Waals surface area (Å²) in [6.07, 6.45) is -0.152. The van der Waals surface area contributed by atoms with Crippen molar-refractivity contribution in [2.75, 3.05) is 0 Å². The van der Waals surface area contributed by atoms with Crippen LogP contribution in [-0.4, -0.2) is 16.2 Å². The highest BCUT2D eigenvalue weighted by molar-refractivity contribution is 9.10. The lowest BCUT2D eigenvalue weighted by molar-refractivity contribution is -0.139. The van der Waals surface area contributed by atoms with Gasteiger partial charge >= 0.3 is 5.97 Å². The molecule has 0 saturated heterocycles. The molecule has 1 atom stereocenters. The normalized spacial score (nSPS) is 13.4. The largest absolute Gasteiger partial charge is 0.481 e. The summed E-state index contributed by atoms with van der Waals surface area (Å²) in [5, 5.41) is 19.2. The van der Waals surface area contributed by atoms with Crippen molar-refractivity contribution in [2.45, 2.75) is 46.6 Å². The van der Waals surface area contributed by atoms with Crippen LogP contribution in [0.2, 0.25) is 0 Å². The SMILES string of the molecule is Cc1cc(C(O)CC(C)(C)CC(=O)O)c(C)cc1Br. The number of halogens is 1. The Morgan fingerprint density at radius 1 is 1.32 bits per heavy atom. The lowest BCUT2D eigenvalue weighted by Gasteiger charge is -2.26. The van der Waals surface area contributed by atoms with E-state index in [2.05, 4.69) is 15.9 Å². The van der Waals surface area contributed by atoms with Gasteiger partial charge in [-0.2, -0.15) is 0 Å². The molecule has 106 valence electrons. The average Bonchev–Trinajstić information content (AvgIpc) is 2.20. The van der Waals surface area contributed by atoms with E-state index in [4.69, 9.17) is 5.11 Å². The first-order valence-corrected chi connectivity index (χ1v) is 7.08. The lowest BCUT2D eigenvalue weighted by Crippen LogP contribution is -2.20. The van der Waals surface area contributed by atoms with Crippen LogP contribution in [0.5, 0.6) is 0 Å². The van der Waals surface area contributed by atoms with E-state index in [-0.39, 0.29) is 6.42 Å². The zero-order valence-corrected chi connectivity index (χ0v) is 13.4. The Bertz CT molecular complexity index is 481. The summed E-state index contributed by atoms with van der Waals surface area (Å²) >= 11 is 3.46. The van der Waals surface area contributed by atoms with Crippen molar-refractivity contribution in [3.8, 4) is 0 Å². The van der Waals surface area contributed by atoms with Crippen LogP contribution in [0.3, 0.4) is 0 Å². The summed E-state index contributed by atoms with van der Waals surface area (Å²) in [5.41, 5.74) is 2.52. The third-order valence-electron chi connectivity index (χ3n) is 3.28. The number of rotatable bonds is 5. The Morgan fingerprint density at radius 3 is 2.42 bits per heavy atom. The molecule has 19 heavy (non-hydrogen) atoms. The molecule has 1 aromatic carbocycles. The van der Waals surface area contributed by atoms with Gasteiger partial charge in [-0.25, -0.2) is 0 Å². The molecule has 4 heteroatoms. The quantitative estimate of drug-likeness (QED) is 0.859. The number of aliphatic hydroxyl groups is 1. The highest BCUT2D eigenvalue weighted by Crippen LogP contribution is 2.35. The van der Waals surface area contributed by atoms with Gasteiger partial charge in [0.15, 0.2) is 0 Å². The summed E-state index contributed by atoms with van der Waals surface area (Å²) < 4.78 is 1.02. The van der Waals surface area contributed by atoms with Gasteiger partial charge in [-0.15, -0.1) is 0 Å². The van der Waals surface area contributed by atoms with Crippen molar-refractivity contribution in [1.82, 2.24) is 0 Å². The molecule has 0 heterocycles. The number of carboxylic acids is 1. The fourth-order valence-electron chi connectivity index (χ4n) is 2.28. The number of benzene rings is 1. The van der Waals surface area contributed by atoms with Crippen LogP contribution >= 0.6 is 15.9 Å². The Labute approximate surface area is 122 Å². The van der Waals surface area contributed by atoms with Crippen LogP contribution in [0.4, 0.5) is 0 Å². The first kappa shape index (κ1) is 16.2. The Kier molecular flexibility index (Phi) is 5.16. The van der Waals surface area contributed by atoms with Crippen LogP contribution < -0.4 is 0 Å². The van der Waals surface area contributed by atoms with Crippen molar-refractivity contribution in [1.29, 1.82) is 0 Å². The molecule has 0 radical (unpaired) electrons. The maximum absolute atomic E-state index is 10.8. The lowest BCUT2D eigenvalue weighted by atomic mass is 9.81. The zero-order valence-electron chi connectivity index (χ0n) is 11.8. The van der Waals surface area contributed by atoms with Gasteiger partial charge < -0.3 is 10.2 Å². The van der Waals surface area contributed by atoms with E-state index >= 15 is 0 Å². The summed E-state index contributed by atoms with van der Waals surface area (Å²) in [5.74, 6) is -0.832. The minimum atomic E-state index is -0.832. The molecule has 0 bridgehead atoms. The number of aliphatic hydroxyl groups excluding tert-OH is 1. The highest BCUT2D eigenvalue weighted by atomic mass is 79.9. The average molecular weight is 329 g/mol. The van der Waals surface area contributed by atoms with Crippen molar-refractivity contribution in [3.63, 3.8) is 0 Å². The second-order valence-electron chi connectivity index (χ2n) is 5.91. The van der Waals surface area contributed by atoms with Gasteiger partial charge in [0, 0.05) is 4.47 Å². The fraction of sp³-hybridized carbons (Fsp3) is 0.533. The Hall–Kier alpha value is -0.870. The number of hydrogen-bond acceptors (Lipinski definition) is 2. The standard InChI is InChI=1S/C15H21BrO3/c1-9-6-12(16)10(2)5-11(9)13(17)7-15(3,4)8-14(18)19/h5-6,13,17H,7-8H2,1-4H3,(H,18,19). The first-order chi connectivity index (χ1) is 8.62. The second kappa shape index (κ2) is 6.06. The minimum Gasteiger partial charge on any atom is -0.481 e. The molecule has 0 amide bonds. The van der Waals surface area contributed by atoms with Gasteiger partial charge in [-0.1, -0.05) is 35.8 Å². The molecular weight excluding hydrogens is 308 g/mol. The summed E-state index contributed by atoms with van der Waals surface area (Å²) in [6.45, 7) is 7.66. The van der Waals surface area contributed by atoms with Crippen LogP contribution in [-0.2, 0) is 4.79 Å². The van der Waals surface area contributed by atoms with Crippen LogP contribution in [0.1, 0.15) is 49.5 Å². The molecule has 0 aromatic heterocycles. The number of carboxylic acid groups (broad SMARTS) is 1. The van der Waals surface area contributed by atoms with Gasteiger partial charge in [0.1, 0.15) is 0 Å². The summed E-state index contributed by atoms with van der Waals surface area (Å²) in [6, 6.07) is 3.94. The van der Waals surface area contributed by atoms with Crippen LogP contribution in [0.15, 0.2) is 16.6 Å². The van der Waals surface area contributed by atoms with E-state index in [1.807, 2.05) is 39.8 Å². The molecule has 0 aliphatic carbocycles. The van der Waals surface area contributed by atoms with Crippen molar-refractivity contribution < 1.29 is 15.0 Å². The maximum atomic E-state index is 10.8. The van der Waals surface area contributed by atoms with E-state index < -0.39 is 17.5 Å². The van der Waals surface area contributed by atoms with E-state index in [0.29, 0.717) is 6.42 Å². The minimum absolute atomic E-state index is 0.0542. The first-order valence-electron chi connectivity index (χ1n) is 6.29. The molecule has 0 spiro atoms. The number of hydrogen-bond donors (Lipinski definition) is 2. The van der Waals surface area contributed by atoms with Gasteiger partial charge in [0.25, 0.3) is 0 Å². The third kappa shape index (κ3) is 4.62. The van der Waals surface area contributed by atoms with Gasteiger partial charge in [-0.3, -0.25) is 4.79 Å². The van der Waals surface area contributed by atoms with E-state index in [0.717, 1.165) is 21.2 Å². The number of aliphatic carboxylic acids is 1. The molecule has 1 aromatic rings. The van der Waals surface area contributed by atoms with Gasteiger partial charge in [0.2, 0.25) is 0 Å². The Balaban J connectivity index is 2.92. The van der Waals surface area contributed by atoms with Gasteiger partial charge in [0.05, 0.1) is 12.5 Å². The molecule has 1 unspecified atom stereocenters. The third-order valence-corrected chi connectivity index (χ3v) is 4.14. The molecule has 3 nitrogen and oxygen atoms in total. The monoisotopic (exact) mass is 328 g/mol. The topological polar surface area (TPSA) is 57.5 Å². The molecule has 1 rings (SSSR count). The van der Waals surface area contributed by atoms with Crippen molar-refractivity contribution in [3.05, 3.63) is 33.3 Å². The molecular formula is C15H21BrO3. The highest BCUT2D eigenvalue weighted by Gasteiger charge is 2.26. The zero-order chi connectivity index (χ0) is 14.8. The van der Waals surface area contributed by atoms with E-state index in [1.54, 1.807) is 0 Å².